The second-order valence-electron chi connectivity index (χ2n) is 8.06. The van der Waals surface area contributed by atoms with Gasteiger partial charge in [-0.25, -0.2) is 12.8 Å². The largest absolute Gasteiger partial charge is 0.368 e. The van der Waals surface area contributed by atoms with E-state index in [9.17, 15) is 17.6 Å². The summed E-state index contributed by atoms with van der Waals surface area (Å²) in [5.41, 5.74) is 2.55. The van der Waals surface area contributed by atoms with Gasteiger partial charge in [0, 0.05) is 38.9 Å². The van der Waals surface area contributed by atoms with Gasteiger partial charge in [0.1, 0.15) is 5.82 Å². The Morgan fingerprint density at radius 3 is 2.12 bits per heavy atom. The van der Waals surface area contributed by atoms with E-state index < -0.39 is 10.0 Å². The molecule has 0 aromatic heterocycles. The van der Waals surface area contributed by atoms with Crippen LogP contribution in [0, 0.1) is 12.7 Å². The highest BCUT2D eigenvalue weighted by molar-refractivity contribution is 7.92. The highest BCUT2D eigenvalue weighted by Crippen LogP contribution is 2.27. The van der Waals surface area contributed by atoms with E-state index in [1.54, 1.807) is 65.6 Å². The Bertz CT molecular complexity index is 1240. The summed E-state index contributed by atoms with van der Waals surface area (Å²) in [6, 6.07) is 19.7. The van der Waals surface area contributed by atoms with E-state index in [4.69, 9.17) is 0 Å². The zero-order chi connectivity index (χ0) is 23.6. The second kappa shape index (κ2) is 9.23. The summed E-state index contributed by atoms with van der Waals surface area (Å²) in [6.07, 6.45) is 0. The van der Waals surface area contributed by atoms with Crippen LogP contribution in [0.25, 0.3) is 0 Å². The number of hydrogen-bond acceptors (Lipinski definition) is 4. The molecule has 1 amide bonds. The van der Waals surface area contributed by atoms with Gasteiger partial charge in [0.15, 0.2) is 0 Å². The molecule has 0 unspecified atom stereocenters. The Kier molecular flexibility index (Phi) is 6.37. The van der Waals surface area contributed by atoms with E-state index in [0.29, 0.717) is 37.4 Å². The average molecular weight is 468 g/mol. The first-order valence-electron chi connectivity index (χ1n) is 10.7. The lowest BCUT2D eigenvalue weighted by molar-refractivity contribution is 0.0747. The lowest BCUT2D eigenvalue weighted by Crippen LogP contribution is -2.49. The molecule has 172 valence electrons. The van der Waals surface area contributed by atoms with Crippen molar-refractivity contribution >= 4 is 27.3 Å². The number of hydrogen-bond donors (Lipinski definition) is 0. The number of sulfonamides is 1. The van der Waals surface area contributed by atoms with Gasteiger partial charge in [-0.2, -0.15) is 0 Å². The van der Waals surface area contributed by atoms with Crippen molar-refractivity contribution in [2.24, 2.45) is 0 Å². The average Bonchev–Trinajstić information content (AvgIpc) is 2.84. The van der Waals surface area contributed by atoms with Crippen LogP contribution in [0.1, 0.15) is 15.9 Å². The Morgan fingerprint density at radius 2 is 1.48 bits per heavy atom. The lowest BCUT2D eigenvalue weighted by Gasteiger charge is -2.36. The van der Waals surface area contributed by atoms with Crippen LogP contribution >= 0.6 is 0 Å². The van der Waals surface area contributed by atoms with Crippen molar-refractivity contribution in [1.82, 2.24) is 4.90 Å². The molecular formula is C25H26FN3O3S. The van der Waals surface area contributed by atoms with Gasteiger partial charge in [-0.15, -0.1) is 0 Å². The molecule has 0 saturated carbocycles. The Balaban J connectivity index is 1.53. The molecule has 6 nitrogen and oxygen atoms in total. The van der Waals surface area contributed by atoms with Crippen molar-refractivity contribution in [3.63, 3.8) is 0 Å². The lowest BCUT2D eigenvalue weighted by atomic mass is 10.1. The van der Waals surface area contributed by atoms with Crippen molar-refractivity contribution in [3.8, 4) is 0 Å². The third-order valence-corrected chi connectivity index (χ3v) is 7.70. The highest BCUT2D eigenvalue weighted by Gasteiger charge is 2.28. The molecule has 0 N–H and O–H groups in total. The minimum absolute atomic E-state index is 0.172. The van der Waals surface area contributed by atoms with Gasteiger partial charge in [0.2, 0.25) is 0 Å². The van der Waals surface area contributed by atoms with Gasteiger partial charge in [-0.05, 0) is 55.5 Å². The predicted octanol–water partition coefficient (Wildman–Crippen LogP) is 3.92. The van der Waals surface area contributed by atoms with E-state index in [0.717, 1.165) is 11.3 Å². The standard InChI is InChI=1S/C25H26FN3O3S/c1-19-7-13-22(14-8-19)33(31,32)27(2)24-6-4-3-5-23(24)25(30)29-17-15-28(16-18-29)21-11-9-20(26)10-12-21/h3-14H,15-18H2,1-2H3. The molecule has 3 aromatic carbocycles. The zero-order valence-electron chi connectivity index (χ0n) is 18.6. The van der Waals surface area contributed by atoms with Crippen molar-refractivity contribution in [2.45, 2.75) is 11.8 Å². The Labute approximate surface area is 193 Å². The summed E-state index contributed by atoms with van der Waals surface area (Å²) >= 11 is 0. The summed E-state index contributed by atoms with van der Waals surface area (Å²) in [5.74, 6) is -0.496. The number of halogens is 1. The van der Waals surface area contributed by atoms with E-state index in [-0.39, 0.29) is 16.6 Å². The highest BCUT2D eigenvalue weighted by atomic mass is 32.2. The molecular weight excluding hydrogens is 441 g/mol. The number of rotatable bonds is 5. The number of amides is 1. The Hall–Kier alpha value is -3.39. The Morgan fingerprint density at radius 1 is 0.879 bits per heavy atom. The van der Waals surface area contributed by atoms with Crippen LogP contribution in [-0.4, -0.2) is 52.5 Å². The molecule has 0 spiro atoms. The van der Waals surface area contributed by atoms with Gasteiger partial charge in [0.25, 0.3) is 15.9 Å². The van der Waals surface area contributed by atoms with Gasteiger partial charge in [0.05, 0.1) is 16.1 Å². The van der Waals surface area contributed by atoms with Crippen LogP contribution in [0.15, 0.2) is 77.7 Å². The minimum atomic E-state index is -3.82. The number of piperazine rings is 1. The SMILES string of the molecule is Cc1ccc(S(=O)(=O)N(C)c2ccccc2C(=O)N2CCN(c3ccc(F)cc3)CC2)cc1. The molecule has 1 aliphatic heterocycles. The van der Waals surface area contributed by atoms with Gasteiger partial charge >= 0.3 is 0 Å². The van der Waals surface area contributed by atoms with E-state index in [1.807, 2.05) is 6.92 Å². The molecule has 8 heteroatoms. The predicted molar refractivity (Wildman–Crippen MR) is 128 cm³/mol. The molecule has 0 radical (unpaired) electrons. The smallest absolute Gasteiger partial charge is 0.264 e. The fraction of sp³-hybridized carbons (Fsp3) is 0.240. The molecule has 1 aliphatic rings. The quantitative estimate of drug-likeness (QED) is 0.571. The molecule has 33 heavy (non-hydrogen) atoms. The summed E-state index contributed by atoms with van der Waals surface area (Å²) in [4.78, 5) is 17.4. The third-order valence-electron chi connectivity index (χ3n) is 5.91. The van der Waals surface area contributed by atoms with Crippen LogP contribution in [0.3, 0.4) is 0 Å². The van der Waals surface area contributed by atoms with Crippen LogP contribution in [-0.2, 0) is 10.0 Å². The van der Waals surface area contributed by atoms with E-state index in [2.05, 4.69) is 4.90 Å². The summed E-state index contributed by atoms with van der Waals surface area (Å²) in [5, 5.41) is 0. The van der Waals surface area contributed by atoms with E-state index >= 15 is 0 Å². The number of nitrogens with zero attached hydrogens (tertiary/aromatic N) is 3. The second-order valence-corrected chi connectivity index (χ2v) is 10.0. The molecule has 0 aliphatic carbocycles. The maximum atomic E-state index is 13.4. The van der Waals surface area contributed by atoms with Gasteiger partial charge < -0.3 is 9.80 Å². The van der Waals surface area contributed by atoms with Crippen LogP contribution in [0.2, 0.25) is 0 Å². The molecule has 1 heterocycles. The molecule has 1 saturated heterocycles. The van der Waals surface area contributed by atoms with Gasteiger partial charge in [-0.1, -0.05) is 29.8 Å². The van der Waals surface area contributed by atoms with Crippen molar-refractivity contribution in [1.29, 1.82) is 0 Å². The molecule has 1 fully saturated rings. The molecule has 3 aromatic rings. The summed E-state index contributed by atoms with van der Waals surface area (Å²) < 4.78 is 40.7. The summed E-state index contributed by atoms with van der Waals surface area (Å²) in [6.45, 7) is 4.08. The van der Waals surface area contributed by atoms with Crippen molar-refractivity contribution in [3.05, 3.63) is 89.7 Å². The first kappa shape index (κ1) is 22.8. The van der Waals surface area contributed by atoms with Crippen LogP contribution in [0.4, 0.5) is 15.8 Å². The maximum Gasteiger partial charge on any atom is 0.264 e. The number of para-hydroxylation sites is 1. The van der Waals surface area contributed by atoms with Crippen molar-refractivity contribution < 1.29 is 17.6 Å². The van der Waals surface area contributed by atoms with Crippen LogP contribution < -0.4 is 9.21 Å². The molecule has 0 atom stereocenters. The van der Waals surface area contributed by atoms with Crippen molar-refractivity contribution in [2.75, 3.05) is 42.4 Å². The van der Waals surface area contributed by atoms with E-state index in [1.165, 1.54) is 23.5 Å². The number of benzene rings is 3. The molecule has 4 rings (SSSR count). The normalized spacial score (nSPS) is 14.3. The number of anilines is 2. The minimum Gasteiger partial charge on any atom is -0.368 e. The van der Waals surface area contributed by atoms with Gasteiger partial charge in [-0.3, -0.25) is 9.10 Å². The maximum absolute atomic E-state index is 13.4. The number of carbonyl (C=O) groups excluding carboxylic acids is 1. The first-order valence-corrected chi connectivity index (χ1v) is 12.2. The fourth-order valence-electron chi connectivity index (χ4n) is 3.92. The number of aryl methyl sites for hydroxylation is 1. The fourth-order valence-corrected chi connectivity index (χ4v) is 5.13. The zero-order valence-corrected chi connectivity index (χ0v) is 19.4. The monoisotopic (exact) mass is 467 g/mol. The molecule has 0 bridgehead atoms. The summed E-state index contributed by atoms with van der Waals surface area (Å²) in [7, 11) is -2.35. The first-order chi connectivity index (χ1) is 15.8. The third kappa shape index (κ3) is 4.71. The number of carbonyl (C=O) groups is 1. The van der Waals surface area contributed by atoms with Crippen LogP contribution in [0.5, 0.6) is 0 Å². The topological polar surface area (TPSA) is 60.9 Å².